The number of fused-ring (bicyclic) bond motifs is 3. The van der Waals surface area contributed by atoms with Crippen molar-refractivity contribution in [3.05, 3.63) is 94.5 Å². The van der Waals surface area contributed by atoms with Gasteiger partial charge in [0.1, 0.15) is 6.61 Å². The summed E-state index contributed by atoms with van der Waals surface area (Å²) in [6.07, 6.45) is -0.756. The lowest BCUT2D eigenvalue weighted by molar-refractivity contribution is -0.142. The Labute approximate surface area is 201 Å². The highest BCUT2D eigenvalue weighted by Crippen LogP contribution is 2.44. The van der Waals surface area contributed by atoms with Gasteiger partial charge in [0.25, 0.3) is 0 Å². The molecule has 174 valence electrons. The zero-order chi connectivity index (χ0) is 24.1. The third-order valence-electron chi connectivity index (χ3n) is 5.73. The maximum Gasteiger partial charge on any atom is 0.407 e. The van der Waals surface area contributed by atoms with Gasteiger partial charge in [-0.15, -0.1) is 0 Å². The minimum Gasteiger partial charge on any atom is -0.479 e. The Morgan fingerprint density at radius 3 is 2.12 bits per heavy atom. The number of nitrogens with one attached hydrogen (secondary N) is 2. The van der Waals surface area contributed by atoms with Gasteiger partial charge in [0.2, 0.25) is 5.91 Å². The van der Waals surface area contributed by atoms with E-state index in [0.29, 0.717) is 0 Å². The SMILES string of the molecule is O=C(CCNC(=O)OCC1c2ccccc2-c2ccccc21)N[C@@H](C(=O)O)c1ccccc1Cl. The number of carbonyl (C=O) groups excluding carboxylic acids is 2. The summed E-state index contributed by atoms with van der Waals surface area (Å²) in [6, 6.07) is 21.2. The van der Waals surface area contributed by atoms with Crippen LogP contribution in [0.3, 0.4) is 0 Å². The van der Waals surface area contributed by atoms with Gasteiger partial charge in [-0.1, -0.05) is 78.3 Å². The molecule has 7 nitrogen and oxygen atoms in total. The number of aliphatic carboxylic acids is 1. The maximum atomic E-state index is 12.3. The summed E-state index contributed by atoms with van der Waals surface area (Å²) in [5, 5.41) is 14.7. The Balaban J connectivity index is 1.28. The van der Waals surface area contributed by atoms with Crippen LogP contribution in [0.15, 0.2) is 72.8 Å². The van der Waals surface area contributed by atoms with Gasteiger partial charge < -0.3 is 20.5 Å². The molecule has 0 saturated carbocycles. The molecule has 0 aliphatic heterocycles. The fraction of sp³-hybridized carbons (Fsp3) is 0.192. The maximum absolute atomic E-state index is 12.3. The largest absolute Gasteiger partial charge is 0.479 e. The van der Waals surface area contributed by atoms with E-state index in [9.17, 15) is 19.5 Å². The van der Waals surface area contributed by atoms with Crippen LogP contribution in [0.4, 0.5) is 4.79 Å². The lowest BCUT2D eigenvalue weighted by Crippen LogP contribution is -2.36. The van der Waals surface area contributed by atoms with Gasteiger partial charge in [-0.05, 0) is 28.3 Å². The summed E-state index contributed by atoms with van der Waals surface area (Å²) in [6.45, 7) is 0.164. The summed E-state index contributed by atoms with van der Waals surface area (Å²) in [4.78, 5) is 36.1. The van der Waals surface area contributed by atoms with Crippen LogP contribution in [0.2, 0.25) is 5.02 Å². The summed E-state index contributed by atoms with van der Waals surface area (Å²) < 4.78 is 5.43. The van der Waals surface area contributed by atoms with Gasteiger partial charge in [0, 0.05) is 29.5 Å². The highest BCUT2D eigenvalue weighted by molar-refractivity contribution is 6.31. The van der Waals surface area contributed by atoms with E-state index < -0.39 is 24.0 Å². The van der Waals surface area contributed by atoms with Crippen molar-refractivity contribution in [3.63, 3.8) is 0 Å². The van der Waals surface area contributed by atoms with Crippen LogP contribution in [0, 0.1) is 0 Å². The van der Waals surface area contributed by atoms with Gasteiger partial charge >= 0.3 is 12.1 Å². The molecule has 34 heavy (non-hydrogen) atoms. The molecule has 0 spiro atoms. The molecule has 3 N–H and O–H groups in total. The fourth-order valence-corrected chi connectivity index (χ4v) is 4.39. The van der Waals surface area contributed by atoms with Gasteiger partial charge in [-0.25, -0.2) is 9.59 Å². The molecule has 1 atom stereocenters. The third kappa shape index (κ3) is 5.05. The van der Waals surface area contributed by atoms with E-state index in [1.54, 1.807) is 18.2 Å². The molecule has 2 amide bonds. The monoisotopic (exact) mass is 478 g/mol. The molecule has 0 heterocycles. The van der Waals surface area contributed by atoms with Crippen molar-refractivity contribution in [2.75, 3.05) is 13.2 Å². The van der Waals surface area contributed by atoms with Crippen molar-refractivity contribution in [1.29, 1.82) is 0 Å². The summed E-state index contributed by atoms with van der Waals surface area (Å²) in [5.41, 5.74) is 4.77. The molecule has 3 aromatic carbocycles. The number of carbonyl (C=O) groups is 3. The molecule has 8 heteroatoms. The zero-order valence-corrected chi connectivity index (χ0v) is 18.9. The lowest BCUT2D eigenvalue weighted by atomic mass is 9.98. The van der Waals surface area contributed by atoms with Crippen molar-refractivity contribution < 1.29 is 24.2 Å². The zero-order valence-electron chi connectivity index (χ0n) is 18.2. The first-order chi connectivity index (χ1) is 16.5. The Bertz CT molecular complexity index is 1180. The molecule has 1 aliphatic rings. The number of hydrogen-bond donors (Lipinski definition) is 3. The Hall–Kier alpha value is -3.84. The minimum absolute atomic E-state index is 0.00261. The summed E-state index contributed by atoms with van der Waals surface area (Å²) >= 11 is 6.06. The van der Waals surface area contributed by atoms with Crippen LogP contribution in [0.1, 0.15) is 35.1 Å². The first kappa shape index (κ1) is 23.3. The van der Waals surface area contributed by atoms with Crippen LogP contribution in [-0.2, 0) is 14.3 Å². The van der Waals surface area contributed by atoms with E-state index in [4.69, 9.17) is 16.3 Å². The second-order valence-electron chi connectivity index (χ2n) is 7.86. The number of rotatable bonds is 8. The first-order valence-corrected chi connectivity index (χ1v) is 11.2. The van der Waals surface area contributed by atoms with Crippen LogP contribution in [0.25, 0.3) is 11.1 Å². The van der Waals surface area contributed by atoms with E-state index in [-0.39, 0.29) is 36.1 Å². The number of carboxylic acid groups (broad SMARTS) is 1. The normalized spacial score (nSPS) is 12.9. The molecule has 0 radical (unpaired) electrons. The predicted octanol–water partition coefficient (Wildman–Crippen LogP) is 4.51. The summed E-state index contributed by atoms with van der Waals surface area (Å²) in [7, 11) is 0. The fourth-order valence-electron chi connectivity index (χ4n) is 4.14. The van der Waals surface area contributed by atoms with Crippen molar-refractivity contribution in [1.82, 2.24) is 10.6 Å². The minimum atomic E-state index is -1.28. The van der Waals surface area contributed by atoms with Gasteiger partial charge in [-0.2, -0.15) is 0 Å². The smallest absolute Gasteiger partial charge is 0.407 e. The Kier molecular flexibility index (Phi) is 7.13. The summed E-state index contributed by atoms with van der Waals surface area (Å²) in [5.74, 6) is -1.83. The van der Waals surface area contributed by atoms with E-state index >= 15 is 0 Å². The van der Waals surface area contributed by atoms with E-state index in [2.05, 4.69) is 22.8 Å². The molecule has 0 saturated heterocycles. The molecular weight excluding hydrogens is 456 g/mol. The molecule has 0 bridgehead atoms. The van der Waals surface area contributed by atoms with Crippen LogP contribution >= 0.6 is 11.6 Å². The molecule has 4 rings (SSSR count). The van der Waals surface area contributed by atoms with Crippen molar-refractivity contribution in [2.45, 2.75) is 18.4 Å². The third-order valence-corrected chi connectivity index (χ3v) is 6.08. The second kappa shape index (κ2) is 10.4. The number of benzene rings is 3. The number of halogens is 1. The Morgan fingerprint density at radius 2 is 1.50 bits per heavy atom. The molecule has 0 aromatic heterocycles. The van der Waals surface area contributed by atoms with Gasteiger partial charge in [0.15, 0.2) is 6.04 Å². The quantitative estimate of drug-likeness (QED) is 0.442. The lowest BCUT2D eigenvalue weighted by Gasteiger charge is -2.16. The van der Waals surface area contributed by atoms with E-state index in [1.807, 2.05) is 36.4 Å². The predicted molar refractivity (Wildman–Crippen MR) is 128 cm³/mol. The van der Waals surface area contributed by atoms with Gasteiger partial charge in [-0.3, -0.25) is 4.79 Å². The van der Waals surface area contributed by atoms with E-state index in [0.717, 1.165) is 22.3 Å². The van der Waals surface area contributed by atoms with E-state index in [1.165, 1.54) is 6.07 Å². The number of hydrogen-bond acceptors (Lipinski definition) is 4. The molecule has 3 aromatic rings. The number of alkyl carbamates (subject to hydrolysis) is 1. The molecule has 0 fully saturated rings. The average Bonchev–Trinajstić information content (AvgIpc) is 3.15. The van der Waals surface area contributed by atoms with Gasteiger partial charge in [0.05, 0.1) is 0 Å². The van der Waals surface area contributed by atoms with Crippen molar-refractivity contribution >= 4 is 29.6 Å². The number of ether oxygens (including phenoxy) is 1. The topological polar surface area (TPSA) is 105 Å². The van der Waals surface area contributed by atoms with Crippen molar-refractivity contribution in [3.8, 4) is 11.1 Å². The highest BCUT2D eigenvalue weighted by Gasteiger charge is 2.29. The number of amides is 2. The van der Waals surface area contributed by atoms with Crippen LogP contribution < -0.4 is 10.6 Å². The van der Waals surface area contributed by atoms with Crippen LogP contribution in [-0.4, -0.2) is 36.2 Å². The number of carboxylic acids is 1. The molecule has 1 aliphatic carbocycles. The average molecular weight is 479 g/mol. The second-order valence-corrected chi connectivity index (χ2v) is 8.27. The molecule has 0 unspecified atom stereocenters. The van der Waals surface area contributed by atoms with Crippen molar-refractivity contribution in [2.24, 2.45) is 0 Å². The van der Waals surface area contributed by atoms with Crippen LogP contribution in [0.5, 0.6) is 0 Å². The first-order valence-electron chi connectivity index (χ1n) is 10.8. The highest BCUT2D eigenvalue weighted by atomic mass is 35.5. The standard InChI is InChI=1S/C26H23ClN2O5/c27-22-12-6-5-11-20(22)24(25(31)32)29-23(30)13-14-28-26(33)34-15-21-18-9-3-1-7-16(18)17-8-2-4-10-19(17)21/h1-12,21,24H,13-15H2,(H,28,33)(H,29,30)(H,31,32)/t24-/m1/s1. The Morgan fingerprint density at radius 1 is 0.912 bits per heavy atom. The molecular formula is C26H23ClN2O5.